The van der Waals surface area contributed by atoms with E-state index < -0.39 is 10.0 Å². The van der Waals surface area contributed by atoms with E-state index in [2.05, 4.69) is 0 Å². The Morgan fingerprint density at radius 2 is 1.65 bits per heavy atom. The molecule has 0 aliphatic carbocycles. The Hall–Kier alpha value is -1.02. The van der Waals surface area contributed by atoms with Crippen LogP contribution in [0.15, 0.2) is 23.1 Å². The molecule has 0 aromatic heterocycles. The van der Waals surface area contributed by atoms with Crippen LogP contribution in [0.4, 0.5) is 0 Å². The first-order valence-electron chi connectivity index (χ1n) is 5.78. The van der Waals surface area contributed by atoms with E-state index >= 15 is 0 Å². The maximum atomic E-state index is 12.4. The smallest absolute Gasteiger partial charge is 0.243 e. The normalized spacial score (nSPS) is 12.7. The number of methoxy groups -OCH3 is 2. The minimum Gasteiger partial charge on any atom is -0.497 e. The summed E-state index contributed by atoms with van der Waals surface area (Å²) in [5.74, 6) is 0.846. The lowest BCUT2D eigenvalue weighted by Gasteiger charge is -2.23. The second-order valence-electron chi connectivity index (χ2n) is 4.15. The minimum absolute atomic E-state index is 0. The number of halogens is 1. The standard InChI is InChI=1S/C12H20N2O4S.ClH/c1-9(8-13)14(2)19(15,16)12-6-10(17-3)5-11(7-12)18-4;/h5-7,9H,8,13H2,1-4H3;1H. The summed E-state index contributed by atoms with van der Waals surface area (Å²) in [5, 5.41) is 0. The molecule has 116 valence electrons. The van der Waals surface area contributed by atoms with Crippen molar-refractivity contribution < 1.29 is 17.9 Å². The summed E-state index contributed by atoms with van der Waals surface area (Å²) in [6.45, 7) is 1.99. The van der Waals surface area contributed by atoms with E-state index in [0.29, 0.717) is 11.5 Å². The molecule has 0 aliphatic rings. The average Bonchev–Trinajstić information content (AvgIpc) is 2.44. The van der Waals surface area contributed by atoms with Crippen LogP contribution in [0.1, 0.15) is 6.92 Å². The monoisotopic (exact) mass is 324 g/mol. The number of nitrogens with two attached hydrogens (primary N) is 1. The number of likely N-dealkylation sites (N-methyl/N-ethyl adjacent to an activating group) is 1. The Balaban J connectivity index is 0.00000361. The van der Waals surface area contributed by atoms with E-state index in [4.69, 9.17) is 15.2 Å². The molecule has 2 N–H and O–H groups in total. The van der Waals surface area contributed by atoms with Gasteiger partial charge in [-0.05, 0) is 6.92 Å². The first kappa shape index (κ1) is 19.0. The highest BCUT2D eigenvalue weighted by Gasteiger charge is 2.25. The molecule has 0 aliphatic heterocycles. The van der Waals surface area contributed by atoms with Crippen molar-refractivity contribution in [3.8, 4) is 11.5 Å². The number of benzene rings is 1. The highest BCUT2D eigenvalue weighted by molar-refractivity contribution is 7.89. The summed E-state index contributed by atoms with van der Waals surface area (Å²) in [6.07, 6.45) is 0. The van der Waals surface area contributed by atoms with Gasteiger partial charge in [-0.25, -0.2) is 8.42 Å². The molecular formula is C12H21ClN2O4S. The topological polar surface area (TPSA) is 81.9 Å². The van der Waals surface area contributed by atoms with Crippen LogP contribution in [0.2, 0.25) is 0 Å². The van der Waals surface area contributed by atoms with E-state index in [1.807, 2.05) is 0 Å². The Labute approximate surface area is 126 Å². The lowest BCUT2D eigenvalue weighted by Crippen LogP contribution is -2.39. The summed E-state index contributed by atoms with van der Waals surface area (Å²) in [7, 11) is 0.816. The number of hydrogen-bond acceptors (Lipinski definition) is 5. The fourth-order valence-corrected chi connectivity index (χ4v) is 2.90. The second kappa shape index (κ2) is 7.68. The van der Waals surface area contributed by atoms with Crippen LogP contribution in [-0.2, 0) is 10.0 Å². The molecule has 20 heavy (non-hydrogen) atoms. The van der Waals surface area contributed by atoms with E-state index in [0.717, 1.165) is 0 Å². The van der Waals surface area contributed by atoms with Gasteiger partial charge in [-0.1, -0.05) is 0 Å². The van der Waals surface area contributed by atoms with Gasteiger partial charge in [-0.3, -0.25) is 0 Å². The SMILES string of the molecule is COc1cc(OC)cc(S(=O)(=O)N(C)C(C)CN)c1.Cl. The molecule has 0 heterocycles. The zero-order valence-corrected chi connectivity index (χ0v) is 13.6. The molecule has 0 fully saturated rings. The molecular weight excluding hydrogens is 304 g/mol. The Kier molecular flexibility index (Phi) is 7.29. The van der Waals surface area contributed by atoms with Crippen molar-refractivity contribution in [2.24, 2.45) is 5.73 Å². The first-order valence-corrected chi connectivity index (χ1v) is 7.22. The first-order chi connectivity index (χ1) is 8.86. The number of ether oxygens (including phenoxy) is 2. The van der Waals surface area contributed by atoms with Crippen LogP contribution in [0.25, 0.3) is 0 Å². The Morgan fingerprint density at radius 3 is 2.00 bits per heavy atom. The number of sulfonamides is 1. The summed E-state index contributed by atoms with van der Waals surface area (Å²) in [6, 6.07) is 4.24. The van der Waals surface area contributed by atoms with E-state index in [1.165, 1.54) is 37.7 Å². The minimum atomic E-state index is -3.62. The van der Waals surface area contributed by atoms with Gasteiger partial charge >= 0.3 is 0 Å². The van der Waals surface area contributed by atoms with Gasteiger partial charge in [0.2, 0.25) is 10.0 Å². The molecule has 0 saturated heterocycles. The number of hydrogen-bond donors (Lipinski definition) is 1. The van der Waals surface area contributed by atoms with Gasteiger partial charge in [0.05, 0.1) is 19.1 Å². The molecule has 1 aromatic carbocycles. The van der Waals surface area contributed by atoms with Crippen molar-refractivity contribution in [3.05, 3.63) is 18.2 Å². The lowest BCUT2D eigenvalue weighted by atomic mass is 10.3. The van der Waals surface area contributed by atoms with Crippen LogP contribution in [0, 0.1) is 0 Å². The van der Waals surface area contributed by atoms with Crippen LogP contribution < -0.4 is 15.2 Å². The third kappa shape index (κ3) is 3.99. The average molecular weight is 325 g/mol. The predicted octanol–water partition coefficient (Wildman–Crippen LogP) is 1.09. The third-order valence-corrected chi connectivity index (χ3v) is 4.91. The molecule has 1 aromatic rings. The van der Waals surface area contributed by atoms with Gasteiger partial charge in [0.15, 0.2) is 0 Å². The number of nitrogens with zero attached hydrogens (tertiary/aromatic N) is 1. The van der Waals surface area contributed by atoms with Crippen molar-refractivity contribution in [2.75, 3.05) is 27.8 Å². The van der Waals surface area contributed by atoms with E-state index in [-0.39, 0.29) is 29.9 Å². The molecule has 0 amide bonds. The molecule has 6 nitrogen and oxygen atoms in total. The van der Waals surface area contributed by atoms with Gasteiger partial charge < -0.3 is 15.2 Å². The van der Waals surface area contributed by atoms with Crippen molar-refractivity contribution in [1.82, 2.24) is 4.31 Å². The van der Waals surface area contributed by atoms with Gasteiger partial charge in [0.25, 0.3) is 0 Å². The summed E-state index contributed by atoms with van der Waals surface area (Å²) >= 11 is 0. The van der Waals surface area contributed by atoms with Gasteiger partial charge in [-0.2, -0.15) is 4.31 Å². The van der Waals surface area contributed by atoms with Crippen LogP contribution in [-0.4, -0.2) is 46.6 Å². The lowest BCUT2D eigenvalue weighted by molar-refractivity contribution is 0.384. The molecule has 1 atom stereocenters. The highest BCUT2D eigenvalue weighted by Crippen LogP contribution is 2.27. The maximum Gasteiger partial charge on any atom is 0.243 e. The predicted molar refractivity (Wildman–Crippen MR) is 80.3 cm³/mol. The summed E-state index contributed by atoms with van der Waals surface area (Å²) in [5.41, 5.74) is 5.50. The third-order valence-electron chi connectivity index (χ3n) is 2.96. The van der Waals surface area contributed by atoms with Crippen LogP contribution >= 0.6 is 12.4 Å². The van der Waals surface area contributed by atoms with E-state index in [1.54, 1.807) is 13.0 Å². The molecule has 1 rings (SSSR count). The quantitative estimate of drug-likeness (QED) is 0.847. The Morgan fingerprint density at radius 1 is 1.20 bits per heavy atom. The summed E-state index contributed by atoms with van der Waals surface area (Å²) in [4.78, 5) is 0.117. The zero-order chi connectivity index (χ0) is 14.6. The van der Waals surface area contributed by atoms with Gasteiger partial charge in [-0.15, -0.1) is 12.4 Å². The zero-order valence-electron chi connectivity index (χ0n) is 12.0. The maximum absolute atomic E-state index is 12.4. The van der Waals surface area contributed by atoms with Crippen molar-refractivity contribution in [2.45, 2.75) is 17.9 Å². The highest BCUT2D eigenvalue weighted by atomic mass is 35.5. The van der Waals surface area contributed by atoms with Crippen molar-refractivity contribution >= 4 is 22.4 Å². The molecule has 0 radical (unpaired) electrons. The van der Waals surface area contributed by atoms with Crippen LogP contribution in [0.3, 0.4) is 0 Å². The molecule has 1 unspecified atom stereocenters. The molecule has 0 bridgehead atoms. The molecule has 0 spiro atoms. The molecule has 8 heteroatoms. The van der Waals surface area contributed by atoms with Gasteiger partial charge in [0.1, 0.15) is 11.5 Å². The number of rotatable bonds is 6. The van der Waals surface area contributed by atoms with Crippen LogP contribution in [0.5, 0.6) is 11.5 Å². The summed E-state index contributed by atoms with van der Waals surface area (Å²) < 4.78 is 36.2. The molecule has 0 saturated carbocycles. The van der Waals surface area contributed by atoms with Crippen molar-refractivity contribution in [1.29, 1.82) is 0 Å². The largest absolute Gasteiger partial charge is 0.497 e. The van der Waals surface area contributed by atoms with Gasteiger partial charge in [0, 0.05) is 37.8 Å². The van der Waals surface area contributed by atoms with E-state index in [9.17, 15) is 8.42 Å². The fourth-order valence-electron chi connectivity index (χ4n) is 1.48. The second-order valence-corrected chi connectivity index (χ2v) is 6.15. The Bertz CT molecular complexity index is 514. The van der Waals surface area contributed by atoms with Crippen molar-refractivity contribution in [3.63, 3.8) is 0 Å². The fraction of sp³-hybridized carbons (Fsp3) is 0.500.